The van der Waals surface area contributed by atoms with Crippen LogP contribution in [0.15, 0.2) is 42.5 Å². The zero-order chi connectivity index (χ0) is 25.4. The van der Waals surface area contributed by atoms with E-state index >= 15 is 0 Å². The largest absolute Gasteiger partial charge is 0.496 e. The number of aromatic nitrogens is 1. The van der Waals surface area contributed by atoms with E-state index in [4.69, 9.17) is 9.47 Å². The third-order valence-electron chi connectivity index (χ3n) is 7.66. The van der Waals surface area contributed by atoms with Crippen LogP contribution in [0.5, 0.6) is 11.5 Å². The molecule has 0 unspecified atom stereocenters. The quantitative estimate of drug-likeness (QED) is 0.542. The second kappa shape index (κ2) is 9.48. The molecule has 0 spiro atoms. The van der Waals surface area contributed by atoms with Gasteiger partial charge in [0.25, 0.3) is 5.91 Å². The zero-order valence-corrected chi connectivity index (χ0v) is 21.0. The number of fused-ring (bicyclic) bond motifs is 3. The summed E-state index contributed by atoms with van der Waals surface area (Å²) in [4.78, 5) is 29.4. The lowest BCUT2D eigenvalue weighted by atomic mass is 9.91. The van der Waals surface area contributed by atoms with E-state index < -0.39 is 11.4 Å². The van der Waals surface area contributed by atoms with E-state index in [1.54, 1.807) is 57.5 Å². The first-order valence-corrected chi connectivity index (χ1v) is 12.5. The number of hydrogen-bond acceptors (Lipinski definition) is 4. The van der Waals surface area contributed by atoms with Gasteiger partial charge in [-0.15, -0.1) is 0 Å². The molecule has 1 aliphatic carbocycles. The number of benzene rings is 2. The van der Waals surface area contributed by atoms with Crippen LogP contribution in [0.1, 0.15) is 55.1 Å². The van der Waals surface area contributed by atoms with E-state index in [2.05, 4.69) is 5.32 Å². The Morgan fingerprint density at radius 2 is 1.78 bits per heavy atom. The summed E-state index contributed by atoms with van der Waals surface area (Å²) in [5, 5.41) is 3.93. The summed E-state index contributed by atoms with van der Waals surface area (Å²) in [7, 11) is 3.15. The summed E-state index contributed by atoms with van der Waals surface area (Å²) in [5.74, 6) is 0.214. The van der Waals surface area contributed by atoms with E-state index in [9.17, 15) is 14.0 Å². The Morgan fingerprint density at radius 3 is 2.47 bits per heavy atom. The maximum absolute atomic E-state index is 14.7. The molecule has 2 aromatic carbocycles. The van der Waals surface area contributed by atoms with Crippen molar-refractivity contribution >= 4 is 22.7 Å². The number of amides is 2. The first-order chi connectivity index (χ1) is 17.4. The first-order valence-electron chi connectivity index (χ1n) is 12.5. The predicted molar refractivity (Wildman–Crippen MR) is 135 cm³/mol. The Bertz CT molecular complexity index is 1310. The van der Waals surface area contributed by atoms with Crippen molar-refractivity contribution in [3.8, 4) is 11.5 Å². The van der Waals surface area contributed by atoms with Gasteiger partial charge in [-0.2, -0.15) is 0 Å². The van der Waals surface area contributed by atoms with Crippen molar-refractivity contribution in [3.05, 3.63) is 59.5 Å². The van der Waals surface area contributed by atoms with Crippen molar-refractivity contribution in [2.24, 2.45) is 0 Å². The van der Waals surface area contributed by atoms with Gasteiger partial charge in [0.05, 0.1) is 32.8 Å². The molecule has 1 atom stereocenters. The van der Waals surface area contributed by atoms with E-state index in [1.807, 2.05) is 4.57 Å². The fraction of sp³-hybridized carbons (Fsp3) is 0.429. The SMILES string of the molecule is COc1ccc(OC)c2c1cc1n2C[C@](C)(C(=O)NC2CCCCC2)N(Cc2ccccc2F)C1=O. The third kappa shape index (κ3) is 3.98. The van der Waals surface area contributed by atoms with E-state index in [0.717, 1.165) is 31.1 Å². The van der Waals surface area contributed by atoms with Crippen LogP contribution in [-0.2, 0) is 17.9 Å². The van der Waals surface area contributed by atoms with Gasteiger partial charge in [0, 0.05) is 17.0 Å². The number of methoxy groups -OCH3 is 2. The summed E-state index contributed by atoms with van der Waals surface area (Å²) < 4.78 is 27.7. The van der Waals surface area contributed by atoms with Crippen LogP contribution in [0.2, 0.25) is 0 Å². The molecular formula is C28H32FN3O4. The van der Waals surface area contributed by atoms with E-state index in [0.29, 0.717) is 28.3 Å². The number of halogens is 1. The van der Waals surface area contributed by atoms with Gasteiger partial charge in [-0.05, 0) is 44.0 Å². The van der Waals surface area contributed by atoms with E-state index in [-0.39, 0.29) is 30.9 Å². The molecule has 0 bridgehead atoms. The molecule has 3 aromatic rings. The smallest absolute Gasteiger partial charge is 0.271 e. The average molecular weight is 494 g/mol. The monoisotopic (exact) mass is 493 g/mol. The molecule has 1 N–H and O–H groups in total. The molecule has 8 heteroatoms. The Hall–Kier alpha value is -3.55. The standard InChI is InChI=1S/C28H32FN3O4/c1-28(27(34)30-19-10-5-4-6-11-19)17-31-22(15-20-23(35-2)13-14-24(36-3)25(20)31)26(33)32(28)16-18-9-7-8-12-21(18)29/h7-9,12-15,19H,4-6,10-11,16-17H2,1-3H3,(H,30,34)/t28-/m1/s1. The van der Waals surface area contributed by atoms with E-state index in [1.165, 1.54) is 17.4 Å². The Labute approximate surface area is 210 Å². The molecule has 1 saturated carbocycles. The lowest BCUT2D eigenvalue weighted by molar-refractivity contribution is -0.134. The minimum absolute atomic E-state index is 0.0180. The van der Waals surface area contributed by atoms with Crippen molar-refractivity contribution in [2.75, 3.05) is 14.2 Å². The van der Waals surface area contributed by atoms with Gasteiger partial charge in [0.2, 0.25) is 5.91 Å². The highest BCUT2D eigenvalue weighted by Gasteiger charge is 2.48. The molecule has 5 rings (SSSR count). The third-order valence-corrected chi connectivity index (χ3v) is 7.66. The molecule has 2 amide bonds. The summed E-state index contributed by atoms with van der Waals surface area (Å²) in [5.41, 5.74) is 0.223. The van der Waals surface area contributed by atoms with Gasteiger partial charge in [-0.25, -0.2) is 4.39 Å². The summed E-state index contributed by atoms with van der Waals surface area (Å²) in [6, 6.07) is 11.8. The van der Waals surface area contributed by atoms with Crippen molar-refractivity contribution in [1.29, 1.82) is 0 Å². The van der Waals surface area contributed by atoms with Gasteiger partial charge in [-0.1, -0.05) is 37.5 Å². The number of carbonyl (C=O) groups excluding carboxylic acids is 2. The number of hydrogen-bond donors (Lipinski definition) is 1. The molecule has 7 nitrogen and oxygen atoms in total. The van der Waals surface area contributed by atoms with Gasteiger partial charge >= 0.3 is 0 Å². The summed E-state index contributed by atoms with van der Waals surface area (Å²) in [6.45, 7) is 1.95. The minimum Gasteiger partial charge on any atom is -0.496 e. The lowest BCUT2D eigenvalue weighted by Crippen LogP contribution is -2.64. The lowest BCUT2D eigenvalue weighted by Gasteiger charge is -2.45. The fourth-order valence-electron chi connectivity index (χ4n) is 5.59. The van der Waals surface area contributed by atoms with Crippen molar-refractivity contribution < 1.29 is 23.5 Å². The number of nitrogens with zero attached hydrogens (tertiary/aromatic N) is 2. The van der Waals surface area contributed by atoms with Gasteiger partial charge in [0.1, 0.15) is 28.5 Å². The molecule has 1 fully saturated rings. The second-order valence-electron chi connectivity index (χ2n) is 9.91. The Morgan fingerprint density at radius 1 is 1.08 bits per heavy atom. The number of ether oxygens (including phenoxy) is 2. The maximum atomic E-state index is 14.7. The highest BCUT2D eigenvalue weighted by atomic mass is 19.1. The summed E-state index contributed by atoms with van der Waals surface area (Å²) >= 11 is 0. The number of rotatable bonds is 6. The van der Waals surface area contributed by atoms with Gasteiger partial charge in [0.15, 0.2) is 0 Å². The van der Waals surface area contributed by atoms with Crippen LogP contribution >= 0.6 is 0 Å². The molecule has 1 aromatic heterocycles. The topological polar surface area (TPSA) is 72.8 Å². The van der Waals surface area contributed by atoms with Crippen molar-refractivity contribution in [1.82, 2.24) is 14.8 Å². The van der Waals surface area contributed by atoms with Gasteiger partial charge < -0.3 is 24.3 Å². The molecular weight excluding hydrogens is 461 g/mol. The average Bonchev–Trinajstić information content (AvgIpc) is 3.27. The molecule has 2 heterocycles. The molecule has 36 heavy (non-hydrogen) atoms. The molecule has 0 radical (unpaired) electrons. The highest BCUT2D eigenvalue weighted by Crippen LogP contribution is 2.40. The fourth-order valence-corrected chi connectivity index (χ4v) is 5.59. The normalized spacial score (nSPS) is 20.3. The van der Waals surface area contributed by atoms with Crippen LogP contribution in [0.25, 0.3) is 10.9 Å². The maximum Gasteiger partial charge on any atom is 0.271 e. The number of nitrogens with one attached hydrogen (secondary N) is 1. The molecule has 190 valence electrons. The molecule has 0 saturated heterocycles. The Balaban J connectivity index is 1.63. The van der Waals surface area contributed by atoms with Crippen LogP contribution in [0, 0.1) is 5.82 Å². The zero-order valence-electron chi connectivity index (χ0n) is 21.0. The van der Waals surface area contributed by atoms with Crippen molar-refractivity contribution in [3.63, 3.8) is 0 Å². The second-order valence-corrected chi connectivity index (χ2v) is 9.91. The minimum atomic E-state index is -1.25. The predicted octanol–water partition coefficient (Wildman–Crippen LogP) is 4.66. The number of carbonyl (C=O) groups is 2. The van der Waals surface area contributed by atoms with Crippen molar-refractivity contribution in [2.45, 2.75) is 63.7 Å². The van der Waals surface area contributed by atoms with Crippen LogP contribution < -0.4 is 14.8 Å². The van der Waals surface area contributed by atoms with Crippen LogP contribution in [0.4, 0.5) is 4.39 Å². The Kier molecular flexibility index (Phi) is 6.36. The first kappa shape index (κ1) is 24.2. The summed E-state index contributed by atoms with van der Waals surface area (Å²) in [6.07, 6.45) is 5.16. The molecule has 1 aliphatic heterocycles. The van der Waals surface area contributed by atoms with Gasteiger partial charge in [-0.3, -0.25) is 9.59 Å². The van der Waals surface area contributed by atoms with Crippen LogP contribution in [0.3, 0.4) is 0 Å². The van der Waals surface area contributed by atoms with Crippen LogP contribution in [-0.4, -0.2) is 47.1 Å². The highest BCUT2D eigenvalue weighted by molar-refractivity contribution is 6.05. The molecule has 2 aliphatic rings.